The van der Waals surface area contributed by atoms with Crippen molar-refractivity contribution in [3.8, 4) is 5.75 Å². The molecule has 0 atom stereocenters. The molecule has 174 valence electrons. The molecule has 2 N–H and O–H groups in total. The highest BCUT2D eigenvalue weighted by Crippen LogP contribution is 2.19. The number of non-ortho nitro benzene ring substituents is 1. The highest BCUT2D eigenvalue weighted by atomic mass is 16.6. The molecule has 0 saturated carbocycles. The Kier molecular flexibility index (Phi) is 7.08. The molecular formula is C26H20N4O5. The van der Waals surface area contributed by atoms with Crippen LogP contribution in [0.2, 0.25) is 0 Å². The van der Waals surface area contributed by atoms with Gasteiger partial charge in [-0.25, -0.2) is 10.2 Å². The summed E-state index contributed by atoms with van der Waals surface area (Å²) in [5.74, 6) is -0.635. The van der Waals surface area contributed by atoms with Crippen molar-refractivity contribution in [1.82, 2.24) is 5.43 Å². The maximum Gasteiger partial charge on any atom is 0.343 e. The number of ether oxygens (including phenoxy) is 1. The molecule has 0 aliphatic heterocycles. The van der Waals surface area contributed by atoms with Gasteiger partial charge in [0.2, 0.25) is 0 Å². The van der Waals surface area contributed by atoms with Crippen LogP contribution in [0.5, 0.6) is 5.75 Å². The van der Waals surface area contributed by atoms with Gasteiger partial charge in [0.25, 0.3) is 11.6 Å². The third kappa shape index (κ3) is 6.26. The highest BCUT2D eigenvalue weighted by molar-refractivity contribution is 5.91. The Bertz CT molecular complexity index is 1400. The van der Waals surface area contributed by atoms with E-state index in [9.17, 15) is 19.7 Å². The van der Waals surface area contributed by atoms with E-state index in [-0.39, 0.29) is 23.7 Å². The lowest BCUT2D eigenvalue weighted by Crippen LogP contribution is -2.25. The predicted molar refractivity (Wildman–Crippen MR) is 133 cm³/mol. The lowest BCUT2D eigenvalue weighted by Gasteiger charge is -2.07. The molecule has 0 aliphatic carbocycles. The second-order valence-corrected chi connectivity index (χ2v) is 7.47. The first kappa shape index (κ1) is 23.1. The van der Waals surface area contributed by atoms with Gasteiger partial charge >= 0.3 is 5.97 Å². The summed E-state index contributed by atoms with van der Waals surface area (Å²) in [5, 5.41) is 19.9. The zero-order valence-corrected chi connectivity index (χ0v) is 18.4. The molecule has 0 radical (unpaired) electrons. The Labute approximate surface area is 200 Å². The smallest absolute Gasteiger partial charge is 0.343 e. The molecule has 9 nitrogen and oxygen atoms in total. The largest absolute Gasteiger partial charge is 0.423 e. The first-order valence-corrected chi connectivity index (χ1v) is 10.6. The number of nitro groups is 1. The number of nitro benzene ring substituents is 1. The Balaban J connectivity index is 1.25. The zero-order valence-electron chi connectivity index (χ0n) is 18.4. The van der Waals surface area contributed by atoms with E-state index in [4.69, 9.17) is 4.74 Å². The van der Waals surface area contributed by atoms with Gasteiger partial charge < -0.3 is 10.1 Å². The van der Waals surface area contributed by atoms with Crippen LogP contribution in [0.1, 0.15) is 15.9 Å². The number of fused-ring (bicyclic) bond motifs is 1. The molecule has 4 aromatic rings. The molecule has 0 unspecified atom stereocenters. The van der Waals surface area contributed by atoms with Crippen molar-refractivity contribution >= 4 is 40.2 Å². The summed E-state index contributed by atoms with van der Waals surface area (Å²) in [7, 11) is 0. The predicted octanol–water partition coefficient (Wildman–Crippen LogP) is 4.53. The van der Waals surface area contributed by atoms with Gasteiger partial charge in [0.1, 0.15) is 5.75 Å². The summed E-state index contributed by atoms with van der Waals surface area (Å²) in [6, 6.07) is 25.5. The summed E-state index contributed by atoms with van der Waals surface area (Å²) in [5.41, 5.74) is 4.06. The molecule has 0 fully saturated rings. The first-order valence-electron chi connectivity index (χ1n) is 10.6. The van der Waals surface area contributed by atoms with Crippen molar-refractivity contribution in [2.24, 2.45) is 5.10 Å². The van der Waals surface area contributed by atoms with E-state index in [2.05, 4.69) is 15.8 Å². The van der Waals surface area contributed by atoms with E-state index in [1.807, 2.05) is 42.5 Å². The van der Waals surface area contributed by atoms with E-state index >= 15 is 0 Å². The Morgan fingerprint density at radius 2 is 1.63 bits per heavy atom. The number of carbonyl (C=O) groups excluding carboxylic acids is 2. The third-order valence-corrected chi connectivity index (χ3v) is 5.01. The lowest BCUT2D eigenvalue weighted by molar-refractivity contribution is -0.384. The standard InChI is InChI=1S/C26H20N4O5/c31-25(17-27-22-10-7-19-3-1-2-4-21(19)15-22)29-28-16-18-5-13-24(14-6-18)35-26(32)20-8-11-23(12-9-20)30(33)34/h1-16,27H,17H2,(H,29,31)/b28-16-. The average Bonchev–Trinajstić information content (AvgIpc) is 2.88. The van der Waals surface area contributed by atoms with Crippen LogP contribution in [0, 0.1) is 10.1 Å². The van der Waals surface area contributed by atoms with Crippen LogP contribution >= 0.6 is 0 Å². The van der Waals surface area contributed by atoms with E-state index in [0.717, 1.165) is 16.5 Å². The molecule has 0 heterocycles. The topological polar surface area (TPSA) is 123 Å². The second kappa shape index (κ2) is 10.7. The molecular weight excluding hydrogens is 448 g/mol. The summed E-state index contributed by atoms with van der Waals surface area (Å²) in [4.78, 5) is 34.4. The van der Waals surface area contributed by atoms with E-state index in [1.54, 1.807) is 24.3 Å². The SMILES string of the molecule is O=C(CNc1ccc2ccccc2c1)N/N=C\c1ccc(OC(=O)c2ccc([N+](=O)[O-])cc2)cc1. The first-order chi connectivity index (χ1) is 17.0. The quantitative estimate of drug-likeness (QED) is 0.129. The maximum absolute atomic E-state index is 12.2. The van der Waals surface area contributed by atoms with Crippen molar-refractivity contribution in [1.29, 1.82) is 0 Å². The Hall–Kier alpha value is -5.05. The fourth-order valence-corrected chi connectivity index (χ4v) is 3.21. The number of benzene rings is 4. The molecule has 35 heavy (non-hydrogen) atoms. The molecule has 0 bridgehead atoms. The van der Waals surface area contributed by atoms with E-state index in [1.165, 1.54) is 30.5 Å². The minimum atomic E-state index is -0.632. The number of hydrogen-bond acceptors (Lipinski definition) is 7. The molecule has 4 rings (SSSR count). The van der Waals surface area contributed by atoms with Crippen molar-refractivity contribution in [2.75, 3.05) is 11.9 Å². The number of anilines is 1. The van der Waals surface area contributed by atoms with Crippen LogP contribution in [-0.4, -0.2) is 29.6 Å². The number of esters is 1. The molecule has 0 aromatic heterocycles. The number of hydrogen-bond donors (Lipinski definition) is 2. The monoisotopic (exact) mass is 468 g/mol. The fraction of sp³-hybridized carbons (Fsp3) is 0.0385. The maximum atomic E-state index is 12.2. The number of hydrazone groups is 1. The van der Waals surface area contributed by atoms with Crippen molar-refractivity contribution in [3.63, 3.8) is 0 Å². The van der Waals surface area contributed by atoms with E-state index < -0.39 is 10.9 Å². The molecule has 0 aliphatic rings. The summed E-state index contributed by atoms with van der Waals surface area (Å²) >= 11 is 0. The fourth-order valence-electron chi connectivity index (χ4n) is 3.21. The molecule has 4 aromatic carbocycles. The minimum absolute atomic E-state index is 0.0627. The summed E-state index contributed by atoms with van der Waals surface area (Å²) in [6.45, 7) is 0.0627. The van der Waals surface area contributed by atoms with Gasteiger partial charge in [-0.05, 0) is 64.9 Å². The number of rotatable bonds is 8. The van der Waals surface area contributed by atoms with Gasteiger partial charge in [-0.1, -0.05) is 30.3 Å². The van der Waals surface area contributed by atoms with Crippen molar-refractivity contribution < 1.29 is 19.2 Å². The van der Waals surface area contributed by atoms with Gasteiger partial charge in [0, 0.05) is 17.8 Å². The van der Waals surface area contributed by atoms with Crippen LogP contribution in [-0.2, 0) is 4.79 Å². The van der Waals surface area contributed by atoms with Gasteiger partial charge in [-0.2, -0.15) is 5.10 Å². The van der Waals surface area contributed by atoms with Crippen LogP contribution in [0.25, 0.3) is 10.8 Å². The van der Waals surface area contributed by atoms with Crippen LogP contribution in [0.4, 0.5) is 11.4 Å². The van der Waals surface area contributed by atoms with Crippen LogP contribution in [0.3, 0.4) is 0 Å². The average molecular weight is 468 g/mol. The molecule has 0 spiro atoms. The third-order valence-electron chi connectivity index (χ3n) is 5.01. The summed E-state index contributed by atoms with van der Waals surface area (Å²) < 4.78 is 5.27. The van der Waals surface area contributed by atoms with Gasteiger partial charge in [-0.15, -0.1) is 0 Å². The van der Waals surface area contributed by atoms with E-state index in [0.29, 0.717) is 11.3 Å². The molecule has 9 heteroatoms. The zero-order chi connectivity index (χ0) is 24.6. The highest BCUT2D eigenvalue weighted by Gasteiger charge is 2.11. The Morgan fingerprint density at radius 3 is 2.34 bits per heavy atom. The molecule has 1 amide bonds. The number of nitrogens with one attached hydrogen (secondary N) is 2. The normalized spacial score (nSPS) is 10.7. The van der Waals surface area contributed by atoms with Crippen molar-refractivity contribution in [3.05, 3.63) is 112 Å². The minimum Gasteiger partial charge on any atom is -0.423 e. The van der Waals surface area contributed by atoms with Gasteiger partial charge in [0.15, 0.2) is 0 Å². The van der Waals surface area contributed by atoms with Crippen molar-refractivity contribution in [2.45, 2.75) is 0 Å². The number of amides is 1. The van der Waals surface area contributed by atoms with Gasteiger partial charge in [-0.3, -0.25) is 14.9 Å². The van der Waals surface area contributed by atoms with Crippen LogP contribution in [0.15, 0.2) is 96.1 Å². The summed E-state index contributed by atoms with van der Waals surface area (Å²) in [6.07, 6.45) is 1.47. The Morgan fingerprint density at radius 1 is 0.914 bits per heavy atom. The molecule has 0 saturated heterocycles. The lowest BCUT2D eigenvalue weighted by atomic mass is 10.1. The number of carbonyl (C=O) groups is 2. The number of nitrogens with zero attached hydrogens (tertiary/aromatic N) is 2. The second-order valence-electron chi connectivity index (χ2n) is 7.47. The van der Waals surface area contributed by atoms with Crippen LogP contribution < -0.4 is 15.5 Å². The van der Waals surface area contributed by atoms with Gasteiger partial charge in [0.05, 0.1) is 23.2 Å².